The number of hydrazone groups is 1. The molecule has 0 spiro atoms. The van der Waals surface area contributed by atoms with Crippen LogP contribution in [0.25, 0.3) is 0 Å². The number of halogens is 1. The highest BCUT2D eigenvalue weighted by Gasteiger charge is 2.34. The van der Waals surface area contributed by atoms with E-state index in [1.807, 2.05) is 26.0 Å². The van der Waals surface area contributed by atoms with Gasteiger partial charge in [0, 0.05) is 6.42 Å². The van der Waals surface area contributed by atoms with E-state index >= 15 is 0 Å². The number of primary amides is 1. The van der Waals surface area contributed by atoms with Crippen LogP contribution in [0.3, 0.4) is 0 Å². The predicted molar refractivity (Wildman–Crippen MR) is 108 cm³/mol. The first-order valence-electron chi connectivity index (χ1n) is 9.24. The molecule has 0 radical (unpaired) electrons. The molecule has 3 N–H and O–H groups in total. The molecule has 0 saturated carbocycles. The van der Waals surface area contributed by atoms with Crippen molar-refractivity contribution in [3.05, 3.63) is 59.4 Å². The highest BCUT2D eigenvalue weighted by Crippen LogP contribution is 2.25. The van der Waals surface area contributed by atoms with Crippen molar-refractivity contribution < 1.29 is 18.7 Å². The molecule has 0 aliphatic carbocycles. The first-order valence-corrected chi connectivity index (χ1v) is 9.24. The summed E-state index contributed by atoms with van der Waals surface area (Å²) >= 11 is 0. The van der Waals surface area contributed by atoms with Crippen LogP contribution in [-0.4, -0.2) is 36.7 Å². The fourth-order valence-electron chi connectivity index (χ4n) is 3.15. The van der Waals surface area contributed by atoms with Gasteiger partial charge in [0.15, 0.2) is 0 Å². The fraction of sp³-hybridized carbons (Fsp3) is 0.286. The Morgan fingerprint density at radius 2 is 1.86 bits per heavy atom. The van der Waals surface area contributed by atoms with Crippen molar-refractivity contribution in [2.75, 3.05) is 18.2 Å². The van der Waals surface area contributed by atoms with Gasteiger partial charge in [0.2, 0.25) is 5.91 Å². The molecule has 0 bridgehead atoms. The molecule has 1 aliphatic heterocycles. The normalized spacial score (nSPS) is 15.8. The van der Waals surface area contributed by atoms with E-state index in [4.69, 9.17) is 10.5 Å². The number of amides is 2. The zero-order valence-electron chi connectivity index (χ0n) is 16.3. The molecule has 152 valence electrons. The standard InChI is InChI=1S/C21H23FN4O3/c1-13-9-14(2)11-17(10-13)29-8-7-24-21(28)18-12-19(20(23)27)26(25-18)16-5-3-15(22)4-6-16/h3-6,9-11,19H,7-8,12H2,1-2H3,(H2,23,27)(H,24,28). The summed E-state index contributed by atoms with van der Waals surface area (Å²) in [7, 11) is 0. The molecule has 3 rings (SSSR count). The van der Waals surface area contributed by atoms with Gasteiger partial charge in [0.25, 0.3) is 5.91 Å². The van der Waals surface area contributed by atoms with Crippen LogP contribution in [0.2, 0.25) is 0 Å². The first-order chi connectivity index (χ1) is 13.8. The number of hydrogen-bond donors (Lipinski definition) is 2. The monoisotopic (exact) mass is 398 g/mol. The van der Waals surface area contributed by atoms with E-state index < -0.39 is 23.7 Å². The molecule has 1 heterocycles. The van der Waals surface area contributed by atoms with E-state index in [1.165, 1.54) is 29.3 Å². The van der Waals surface area contributed by atoms with Crippen LogP contribution < -0.4 is 20.8 Å². The lowest BCUT2D eigenvalue weighted by Gasteiger charge is -2.20. The largest absolute Gasteiger partial charge is 0.492 e. The van der Waals surface area contributed by atoms with Crippen LogP contribution >= 0.6 is 0 Å². The highest BCUT2D eigenvalue weighted by atomic mass is 19.1. The quantitative estimate of drug-likeness (QED) is 0.698. The van der Waals surface area contributed by atoms with Crippen LogP contribution in [0.15, 0.2) is 47.6 Å². The molecule has 2 amide bonds. The van der Waals surface area contributed by atoms with Gasteiger partial charge in [0.05, 0.1) is 12.2 Å². The lowest BCUT2D eigenvalue weighted by atomic mass is 10.1. The minimum atomic E-state index is -0.798. The fourth-order valence-corrected chi connectivity index (χ4v) is 3.15. The maximum Gasteiger partial charge on any atom is 0.267 e. The lowest BCUT2D eigenvalue weighted by molar-refractivity contribution is -0.119. The van der Waals surface area contributed by atoms with Crippen LogP contribution in [-0.2, 0) is 9.59 Å². The van der Waals surface area contributed by atoms with Gasteiger partial charge in [-0.1, -0.05) is 6.07 Å². The Bertz CT molecular complexity index is 923. The summed E-state index contributed by atoms with van der Waals surface area (Å²) in [5.74, 6) is -0.676. The Morgan fingerprint density at radius 1 is 1.21 bits per heavy atom. The molecule has 7 nitrogen and oxygen atoms in total. The van der Waals surface area contributed by atoms with Crippen molar-refractivity contribution in [2.24, 2.45) is 10.8 Å². The number of carbonyl (C=O) groups is 2. The average molecular weight is 398 g/mol. The smallest absolute Gasteiger partial charge is 0.267 e. The molecule has 8 heteroatoms. The SMILES string of the molecule is Cc1cc(C)cc(OCCNC(=O)C2=NN(c3ccc(F)cc3)C(C(N)=O)C2)c1. The zero-order chi connectivity index (χ0) is 21.0. The third-order valence-corrected chi connectivity index (χ3v) is 4.44. The first kappa shape index (κ1) is 20.3. The third kappa shape index (κ3) is 5.10. The number of ether oxygens (including phenoxy) is 1. The molecule has 1 atom stereocenters. The minimum Gasteiger partial charge on any atom is -0.492 e. The Labute approximate surface area is 168 Å². The van der Waals surface area contributed by atoms with Gasteiger partial charge in [-0.15, -0.1) is 0 Å². The molecule has 2 aromatic carbocycles. The van der Waals surface area contributed by atoms with E-state index in [2.05, 4.69) is 16.5 Å². The second kappa shape index (κ2) is 8.72. The second-order valence-electron chi connectivity index (χ2n) is 6.92. The van der Waals surface area contributed by atoms with Gasteiger partial charge in [-0.3, -0.25) is 14.6 Å². The number of aryl methyl sites for hydroxylation is 2. The number of anilines is 1. The van der Waals surface area contributed by atoms with Gasteiger partial charge >= 0.3 is 0 Å². The molecule has 0 saturated heterocycles. The van der Waals surface area contributed by atoms with Crippen molar-refractivity contribution in [3.8, 4) is 5.75 Å². The maximum atomic E-state index is 13.2. The highest BCUT2D eigenvalue weighted by molar-refractivity contribution is 6.40. The van der Waals surface area contributed by atoms with Crippen molar-refractivity contribution >= 4 is 23.2 Å². The molecule has 0 aromatic heterocycles. The van der Waals surface area contributed by atoms with Crippen LogP contribution in [0.1, 0.15) is 17.5 Å². The summed E-state index contributed by atoms with van der Waals surface area (Å²) < 4.78 is 18.8. The molecule has 2 aromatic rings. The van der Waals surface area contributed by atoms with Crippen LogP contribution in [0, 0.1) is 19.7 Å². The average Bonchev–Trinajstić information content (AvgIpc) is 3.11. The number of nitrogens with two attached hydrogens (primary N) is 1. The summed E-state index contributed by atoms with van der Waals surface area (Å²) in [5.41, 5.74) is 8.32. The molecular formula is C21H23FN4O3. The van der Waals surface area contributed by atoms with Gasteiger partial charge in [-0.25, -0.2) is 4.39 Å². The van der Waals surface area contributed by atoms with Gasteiger partial charge in [0.1, 0.15) is 29.9 Å². The van der Waals surface area contributed by atoms with Crippen molar-refractivity contribution in [3.63, 3.8) is 0 Å². The van der Waals surface area contributed by atoms with Crippen LogP contribution in [0.4, 0.5) is 10.1 Å². The van der Waals surface area contributed by atoms with Crippen molar-refractivity contribution in [1.82, 2.24) is 5.32 Å². The van der Waals surface area contributed by atoms with E-state index in [9.17, 15) is 14.0 Å². The number of carbonyl (C=O) groups excluding carboxylic acids is 2. The number of nitrogens with one attached hydrogen (secondary N) is 1. The Hall–Kier alpha value is -3.42. The predicted octanol–water partition coefficient (Wildman–Crippen LogP) is 2.06. The van der Waals surface area contributed by atoms with Crippen molar-refractivity contribution in [1.29, 1.82) is 0 Å². The van der Waals surface area contributed by atoms with Gasteiger partial charge < -0.3 is 15.8 Å². The summed E-state index contributed by atoms with van der Waals surface area (Å²) in [6.45, 7) is 4.55. The topological polar surface area (TPSA) is 97.0 Å². The van der Waals surface area contributed by atoms with Crippen LogP contribution in [0.5, 0.6) is 5.75 Å². The Morgan fingerprint density at radius 3 is 2.48 bits per heavy atom. The van der Waals surface area contributed by atoms with Crippen molar-refractivity contribution in [2.45, 2.75) is 26.3 Å². The number of hydrogen-bond acceptors (Lipinski definition) is 5. The van der Waals surface area contributed by atoms with E-state index in [0.717, 1.165) is 16.9 Å². The third-order valence-electron chi connectivity index (χ3n) is 4.44. The molecule has 29 heavy (non-hydrogen) atoms. The molecule has 1 aliphatic rings. The molecular weight excluding hydrogens is 375 g/mol. The summed E-state index contributed by atoms with van der Waals surface area (Å²) in [4.78, 5) is 24.2. The van der Waals surface area contributed by atoms with E-state index in [0.29, 0.717) is 12.3 Å². The number of nitrogens with zero attached hydrogens (tertiary/aromatic N) is 2. The minimum absolute atomic E-state index is 0.0798. The summed E-state index contributed by atoms with van der Waals surface area (Å²) in [5, 5.41) is 8.31. The summed E-state index contributed by atoms with van der Waals surface area (Å²) in [6, 6.07) is 10.6. The molecule has 0 fully saturated rings. The number of benzene rings is 2. The Kier molecular flexibility index (Phi) is 6.11. The Balaban J connectivity index is 1.58. The van der Waals surface area contributed by atoms with Gasteiger partial charge in [-0.2, -0.15) is 5.10 Å². The van der Waals surface area contributed by atoms with E-state index in [1.54, 1.807) is 0 Å². The maximum absolute atomic E-state index is 13.2. The lowest BCUT2D eigenvalue weighted by Crippen LogP contribution is -2.40. The second-order valence-corrected chi connectivity index (χ2v) is 6.92. The number of rotatable bonds is 7. The zero-order valence-corrected chi connectivity index (χ0v) is 16.3. The van der Waals surface area contributed by atoms with Gasteiger partial charge in [-0.05, 0) is 61.4 Å². The van der Waals surface area contributed by atoms with E-state index in [-0.39, 0.29) is 18.7 Å². The summed E-state index contributed by atoms with van der Waals surface area (Å²) in [6.07, 6.45) is 0.0798. The molecule has 1 unspecified atom stereocenters.